The molecule has 0 radical (unpaired) electrons. The number of anilines is 1. The SMILES string of the molecule is CC(=O)N1CCN(CCN=C(Nc2ccccc2)N2CCCCC2)CC1. The summed E-state index contributed by atoms with van der Waals surface area (Å²) in [6.45, 7) is 9.10. The van der Waals surface area contributed by atoms with Crippen LogP contribution in [0.3, 0.4) is 0 Å². The number of guanidine groups is 1. The van der Waals surface area contributed by atoms with Crippen LogP contribution in [-0.4, -0.2) is 78.9 Å². The average Bonchev–Trinajstić information content (AvgIpc) is 2.69. The Morgan fingerprint density at radius 1 is 0.962 bits per heavy atom. The number of piperazine rings is 1. The van der Waals surface area contributed by atoms with E-state index in [9.17, 15) is 4.79 Å². The number of carbonyl (C=O) groups is 1. The van der Waals surface area contributed by atoms with E-state index in [-0.39, 0.29) is 5.91 Å². The van der Waals surface area contributed by atoms with Crippen LogP contribution >= 0.6 is 0 Å². The first-order chi connectivity index (χ1) is 12.7. The van der Waals surface area contributed by atoms with E-state index in [1.54, 1.807) is 6.92 Å². The summed E-state index contributed by atoms with van der Waals surface area (Å²) in [5.74, 6) is 1.18. The molecule has 3 rings (SSSR count). The van der Waals surface area contributed by atoms with Crippen molar-refractivity contribution in [2.45, 2.75) is 26.2 Å². The van der Waals surface area contributed by atoms with Crippen molar-refractivity contribution in [2.24, 2.45) is 4.99 Å². The molecule has 26 heavy (non-hydrogen) atoms. The Morgan fingerprint density at radius 2 is 1.65 bits per heavy atom. The molecule has 2 heterocycles. The van der Waals surface area contributed by atoms with E-state index in [1.807, 2.05) is 23.1 Å². The lowest BCUT2D eigenvalue weighted by Crippen LogP contribution is -2.48. The summed E-state index contributed by atoms with van der Waals surface area (Å²) in [5.41, 5.74) is 1.09. The number of hydrogen-bond acceptors (Lipinski definition) is 3. The molecule has 1 aromatic rings. The first kappa shape index (κ1) is 18.7. The fraction of sp³-hybridized carbons (Fsp3) is 0.600. The van der Waals surface area contributed by atoms with Crippen molar-refractivity contribution in [3.05, 3.63) is 30.3 Å². The number of nitrogens with one attached hydrogen (secondary N) is 1. The molecule has 6 nitrogen and oxygen atoms in total. The van der Waals surface area contributed by atoms with Gasteiger partial charge in [-0.05, 0) is 31.4 Å². The molecule has 0 saturated carbocycles. The monoisotopic (exact) mass is 357 g/mol. The summed E-state index contributed by atoms with van der Waals surface area (Å²) in [6.07, 6.45) is 3.79. The van der Waals surface area contributed by atoms with Crippen molar-refractivity contribution in [1.82, 2.24) is 14.7 Å². The maximum Gasteiger partial charge on any atom is 0.219 e. The van der Waals surface area contributed by atoms with Gasteiger partial charge >= 0.3 is 0 Å². The first-order valence-electron chi connectivity index (χ1n) is 9.82. The maximum atomic E-state index is 11.4. The minimum atomic E-state index is 0.183. The van der Waals surface area contributed by atoms with Crippen molar-refractivity contribution < 1.29 is 4.79 Å². The Bertz CT molecular complexity index is 589. The van der Waals surface area contributed by atoms with Crippen molar-refractivity contribution >= 4 is 17.6 Å². The van der Waals surface area contributed by atoms with E-state index in [0.717, 1.165) is 64.0 Å². The second-order valence-corrected chi connectivity index (χ2v) is 7.09. The van der Waals surface area contributed by atoms with Gasteiger partial charge in [0.05, 0.1) is 6.54 Å². The number of hydrogen-bond donors (Lipinski definition) is 1. The summed E-state index contributed by atoms with van der Waals surface area (Å²) < 4.78 is 0. The van der Waals surface area contributed by atoms with E-state index in [0.29, 0.717) is 0 Å². The second-order valence-electron chi connectivity index (χ2n) is 7.09. The maximum absolute atomic E-state index is 11.4. The van der Waals surface area contributed by atoms with Gasteiger partial charge in [-0.2, -0.15) is 0 Å². The number of benzene rings is 1. The Labute approximate surface area is 156 Å². The zero-order valence-corrected chi connectivity index (χ0v) is 15.9. The molecule has 0 spiro atoms. The highest BCUT2D eigenvalue weighted by atomic mass is 16.2. The highest BCUT2D eigenvalue weighted by molar-refractivity contribution is 5.93. The topological polar surface area (TPSA) is 51.2 Å². The fourth-order valence-corrected chi connectivity index (χ4v) is 3.56. The summed E-state index contributed by atoms with van der Waals surface area (Å²) in [6, 6.07) is 10.3. The molecule has 0 bridgehead atoms. The zero-order chi connectivity index (χ0) is 18.2. The normalized spacial score (nSPS) is 19.5. The highest BCUT2D eigenvalue weighted by Gasteiger charge is 2.19. The molecule has 1 N–H and O–H groups in total. The Balaban J connectivity index is 1.55. The molecule has 142 valence electrons. The first-order valence-corrected chi connectivity index (χ1v) is 9.82. The fourth-order valence-electron chi connectivity index (χ4n) is 3.56. The van der Waals surface area contributed by atoms with E-state index < -0.39 is 0 Å². The summed E-state index contributed by atoms with van der Waals surface area (Å²) >= 11 is 0. The van der Waals surface area contributed by atoms with Gasteiger partial charge in [0.1, 0.15) is 0 Å². The zero-order valence-electron chi connectivity index (χ0n) is 15.9. The van der Waals surface area contributed by atoms with Crippen LogP contribution in [0.2, 0.25) is 0 Å². The van der Waals surface area contributed by atoms with Crippen molar-refractivity contribution in [1.29, 1.82) is 0 Å². The molecule has 6 heteroatoms. The van der Waals surface area contributed by atoms with Gasteiger partial charge in [-0.1, -0.05) is 18.2 Å². The molecule has 1 amide bonds. The largest absolute Gasteiger partial charge is 0.343 e. The smallest absolute Gasteiger partial charge is 0.219 e. The van der Waals surface area contributed by atoms with Gasteiger partial charge in [0.25, 0.3) is 0 Å². The molecule has 2 aliphatic rings. The van der Waals surface area contributed by atoms with Crippen molar-refractivity contribution in [2.75, 3.05) is 57.7 Å². The molecule has 2 fully saturated rings. The predicted octanol–water partition coefficient (Wildman–Crippen LogP) is 2.10. The van der Waals surface area contributed by atoms with Crippen LogP contribution in [0.4, 0.5) is 5.69 Å². The van der Waals surface area contributed by atoms with Crippen LogP contribution in [0.1, 0.15) is 26.2 Å². The van der Waals surface area contributed by atoms with Crippen molar-refractivity contribution in [3.8, 4) is 0 Å². The lowest BCUT2D eigenvalue weighted by Gasteiger charge is -2.34. The van der Waals surface area contributed by atoms with Gasteiger partial charge in [0.2, 0.25) is 5.91 Å². The third-order valence-corrected chi connectivity index (χ3v) is 5.18. The van der Waals surface area contributed by atoms with Crippen molar-refractivity contribution in [3.63, 3.8) is 0 Å². The van der Waals surface area contributed by atoms with E-state index in [4.69, 9.17) is 4.99 Å². The molecule has 0 aliphatic carbocycles. The van der Waals surface area contributed by atoms with Crippen LogP contribution < -0.4 is 5.32 Å². The summed E-state index contributed by atoms with van der Waals surface area (Å²) in [7, 11) is 0. The highest BCUT2D eigenvalue weighted by Crippen LogP contribution is 2.12. The lowest BCUT2D eigenvalue weighted by molar-refractivity contribution is -0.130. The average molecular weight is 358 g/mol. The Morgan fingerprint density at radius 3 is 2.31 bits per heavy atom. The number of carbonyl (C=O) groups excluding carboxylic acids is 1. The Kier molecular flexibility index (Phi) is 6.89. The molecule has 0 atom stereocenters. The van der Waals surface area contributed by atoms with E-state index in [1.165, 1.54) is 19.3 Å². The van der Waals surface area contributed by atoms with Crippen LogP contribution in [0.25, 0.3) is 0 Å². The van der Waals surface area contributed by atoms with Crippen LogP contribution in [0.15, 0.2) is 35.3 Å². The van der Waals surface area contributed by atoms with Gasteiger partial charge < -0.3 is 15.1 Å². The number of aliphatic imine (C=N–C) groups is 1. The Hall–Kier alpha value is -2.08. The van der Waals surface area contributed by atoms with Gasteiger partial charge in [0.15, 0.2) is 5.96 Å². The molecule has 1 aromatic carbocycles. The van der Waals surface area contributed by atoms with Gasteiger partial charge in [-0.15, -0.1) is 0 Å². The number of para-hydroxylation sites is 1. The third-order valence-electron chi connectivity index (χ3n) is 5.18. The lowest BCUT2D eigenvalue weighted by atomic mass is 10.1. The van der Waals surface area contributed by atoms with Crippen LogP contribution in [-0.2, 0) is 4.79 Å². The minimum absolute atomic E-state index is 0.183. The summed E-state index contributed by atoms with van der Waals surface area (Å²) in [5, 5.41) is 3.51. The summed E-state index contributed by atoms with van der Waals surface area (Å²) in [4.78, 5) is 23.0. The van der Waals surface area contributed by atoms with E-state index in [2.05, 4.69) is 27.2 Å². The molecular weight excluding hydrogens is 326 g/mol. The molecule has 2 aliphatic heterocycles. The quantitative estimate of drug-likeness (QED) is 0.662. The number of likely N-dealkylation sites (tertiary alicyclic amines) is 1. The number of nitrogens with zero attached hydrogens (tertiary/aromatic N) is 4. The standard InChI is InChI=1S/C20H31N5O/c1-18(26)24-16-14-23(15-17-24)13-10-21-20(25-11-6-3-7-12-25)22-19-8-4-2-5-9-19/h2,4-5,8-9H,3,6-7,10-17H2,1H3,(H,21,22). The van der Waals surface area contributed by atoms with Gasteiger partial charge in [-0.25, -0.2) is 0 Å². The molecule has 2 saturated heterocycles. The molecule has 0 aromatic heterocycles. The van der Waals surface area contributed by atoms with Crippen LogP contribution in [0.5, 0.6) is 0 Å². The van der Waals surface area contributed by atoms with Crippen LogP contribution in [0, 0.1) is 0 Å². The predicted molar refractivity (Wildman–Crippen MR) is 106 cm³/mol. The second kappa shape index (κ2) is 9.57. The van der Waals surface area contributed by atoms with Gasteiger partial charge in [-0.3, -0.25) is 14.7 Å². The molecular formula is C20H31N5O. The third kappa shape index (κ3) is 5.46. The number of piperidine rings is 1. The minimum Gasteiger partial charge on any atom is -0.343 e. The number of amides is 1. The molecule has 0 unspecified atom stereocenters. The van der Waals surface area contributed by atoms with E-state index >= 15 is 0 Å². The van der Waals surface area contributed by atoms with Gasteiger partial charge in [0, 0.05) is 58.4 Å². The number of rotatable bonds is 4.